The lowest BCUT2D eigenvalue weighted by Gasteiger charge is -2.25. The van der Waals surface area contributed by atoms with Crippen molar-refractivity contribution in [2.45, 2.75) is 46.2 Å². The minimum Gasteiger partial charge on any atom is -0.346 e. The molecule has 2 unspecified atom stereocenters. The van der Waals surface area contributed by atoms with Gasteiger partial charge in [-0.05, 0) is 40.4 Å². The van der Waals surface area contributed by atoms with Crippen molar-refractivity contribution in [3.05, 3.63) is 10.6 Å². The number of nitrogens with zero attached hydrogens (tertiary/aromatic N) is 3. The number of rotatable bonds is 6. The van der Waals surface area contributed by atoms with E-state index in [1.54, 1.807) is 0 Å². The van der Waals surface area contributed by atoms with Crippen LogP contribution < -0.4 is 10.2 Å². The van der Waals surface area contributed by atoms with Crippen LogP contribution in [0.5, 0.6) is 0 Å². The highest BCUT2D eigenvalue weighted by molar-refractivity contribution is 7.15. The van der Waals surface area contributed by atoms with E-state index < -0.39 is 0 Å². The third-order valence-corrected chi connectivity index (χ3v) is 5.81. The minimum absolute atomic E-state index is 0.391. The Labute approximate surface area is 127 Å². The fourth-order valence-corrected chi connectivity index (χ4v) is 4.18. The summed E-state index contributed by atoms with van der Waals surface area (Å²) in [6.07, 6.45) is 1.26. The predicted octanol–water partition coefficient (Wildman–Crippen LogP) is 2.65. The van der Waals surface area contributed by atoms with Crippen LogP contribution in [0.25, 0.3) is 0 Å². The molecule has 2 heterocycles. The Balaban J connectivity index is 2.07. The van der Waals surface area contributed by atoms with Gasteiger partial charge in [0.1, 0.15) is 0 Å². The topological polar surface area (TPSA) is 31.4 Å². The standard InChI is InChI=1S/C15H28N4S/c1-6-18(7-2)13-8-9-19(10-13)15-17-12(4)14(20-15)11(3)16-5/h11,13,16H,6-10H2,1-5H3. The lowest BCUT2D eigenvalue weighted by Crippen LogP contribution is -2.37. The van der Waals surface area contributed by atoms with Gasteiger partial charge in [-0.15, -0.1) is 11.3 Å². The molecule has 1 saturated heterocycles. The molecule has 0 amide bonds. The van der Waals surface area contributed by atoms with Gasteiger partial charge in [-0.2, -0.15) is 0 Å². The molecule has 2 atom stereocenters. The van der Waals surface area contributed by atoms with Crippen LogP contribution in [-0.2, 0) is 0 Å². The Hall–Kier alpha value is -0.650. The highest BCUT2D eigenvalue weighted by atomic mass is 32.1. The Bertz CT molecular complexity index is 428. The molecule has 1 aromatic rings. The normalized spacial score (nSPS) is 20.9. The first kappa shape index (κ1) is 15.7. The molecule has 1 aliphatic rings. The number of likely N-dealkylation sites (N-methyl/N-ethyl adjacent to an activating group) is 1. The predicted molar refractivity (Wildman–Crippen MR) is 87.9 cm³/mol. The SMILES string of the molecule is CCN(CC)C1CCN(c2nc(C)c(C(C)NC)s2)C1. The van der Waals surface area contributed by atoms with Crippen LogP contribution in [0.2, 0.25) is 0 Å². The Kier molecular flexibility index (Phi) is 5.41. The van der Waals surface area contributed by atoms with Crippen molar-refractivity contribution in [2.75, 3.05) is 38.1 Å². The van der Waals surface area contributed by atoms with E-state index in [-0.39, 0.29) is 0 Å². The summed E-state index contributed by atoms with van der Waals surface area (Å²) in [7, 11) is 2.01. The first-order valence-electron chi connectivity index (χ1n) is 7.74. The average molecular weight is 296 g/mol. The van der Waals surface area contributed by atoms with Gasteiger partial charge < -0.3 is 10.2 Å². The third-order valence-electron chi connectivity index (χ3n) is 4.41. The highest BCUT2D eigenvalue weighted by Gasteiger charge is 2.28. The van der Waals surface area contributed by atoms with Crippen molar-refractivity contribution in [1.82, 2.24) is 15.2 Å². The van der Waals surface area contributed by atoms with E-state index in [9.17, 15) is 0 Å². The molecule has 0 aliphatic carbocycles. The van der Waals surface area contributed by atoms with E-state index in [0.29, 0.717) is 12.1 Å². The molecule has 1 aliphatic heterocycles. The van der Waals surface area contributed by atoms with E-state index >= 15 is 0 Å². The molecule has 1 fully saturated rings. The summed E-state index contributed by atoms with van der Waals surface area (Å²) in [5.74, 6) is 0. The first-order chi connectivity index (χ1) is 9.60. The van der Waals surface area contributed by atoms with Crippen molar-refractivity contribution in [1.29, 1.82) is 0 Å². The lowest BCUT2D eigenvalue weighted by molar-refractivity contribution is 0.232. The number of aromatic nitrogens is 1. The van der Waals surface area contributed by atoms with Gasteiger partial charge in [0, 0.05) is 30.1 Å². The summed E-state index contributed by atoms with van der Waals surface area (Å²) in [5.41, 5.74) is 1.18. The average Bonchev–Trinajstić information content (AvgIpc) is 3.06. The van der Waals surface area contributed by atoms with Crippen LogP contribution >= 0.6 is 11.3 Å². The fourth-order valence-electron chi connectivity index (χ4n) is 3.02. The van der Waals surface area contributed by atoms with Crippen molar-refractivity contribution >= 4 is 16.5 Å². The molecular formula is C15H28N4S. The number of hydrogen-bond acceptors (Lipinski definition) is 5. The van der Waals surface area contributed by atoms with Crippen LogP contribution in [0, 0.1) is 6.92 Å². The van der Waals surface area contributed by atoms with Crippen LogP contribution in [-0.4, -0.2) is 49.2 Å². The summed E-state index contributed by atoms with van der Waals surface area (Å²) >= 11 is 1.85. The first-order valence-corrected chi connectivity index (χ1v) is 8.55. The Morgan fingerprint density at radius 1 is 1.45 bits per heavy atom. The second kappa shape index (κ2) is 6.87. The smallest absolute Gasteiger partial charge is 0.185 e. The zero-order chi connectivity index (χ0) is 14.7. The van der Waals surface area contributed by atoms with Gasteiger partial charge >= 0.3 is 0 Å². The van der Waals surface area contributed by atoms with Crippen LogP contribution in [0.15, 0.2) is 0 Å². The third kappa shape index (κ3) is 3.15. The molecule has 114 valence electrons. The molecule has 20 heavy (non-hydrogen) atoms. The quantitative estimate of drug-likeness (QED) is 0.874. The van der Waals surface area contributed by atoms with Crippen molar-refractivity contribution in [3.8, 4) is 0 Å². The molecule has 0 bridgehead atoms. The zero-order valence-electron chi connectivity index (χ0n) is 13.4. The van der Waals surface area contributed by atoms with Crippen molar-refractivity contribution < 1.29 is 0 Å². The second-order valence-corrected chi connectivity index (χ2v) is 6.58. The van der Waals surface area contributed by atoms with E-state index in [1.807, 2.05) is 18.4 Å². The highest BCUT2D eigenvalue weighted by Crippen LogP contribution is 2.32. The number of aryl methyl sites for hydroxylation is 1. The maximum Gasteiger partial charge on any atom is 0.185 e. The summed E-state index contributed by atoms with van der Waals surface area (Å²) in [6, 6.07) is 1.09. The van der Waals surface area contributed by atoms with Gasteiger partial charge in [0.15, 0.2) is 5.13 Å². The van der Waals surface area contributed by atoms with Gasteiger partial charge in [0.25, 0.3) is 0 Å². The summed E-state index contributed by atoms with van der Waals surface area (Å²) in [6.45, 7) is 13.4. The van der Waals surface area contributed by atoms with Gasteiger partial charge in [-0.3, -0.25) is 4.90 Å². The van der Waals surface area contributed by atoms with E-state index in [0.717, 1.165) is 26.2 Å². The van der Waals surface area contributed by atoms with Gasteiger partial charge in [0.05, 0.1) is 5.69 Å². The number of hydrogen-bond donors (Lipinski definition) is 1. The molecule has 1 aromatic heterocycles. The van der Waals surface area contributed by atoms with Crippen LogP contribution in [0.3, 0.4) is 0 Å². The Morgan fingerprint density at radius 2 is 2.15 bits per heavy atom. The molecule has 0 spiro atoms. The van der Waals surface area contributed by atoms with E-state index in [4.69, 9.17) is 4.98 Å². The Morgan fingerprint density at radius 3 is 2.75 bits per heavy atom. The largest absolute Gasteiger partial charge is 0.346 e. The molecule has 0 aromatic carbocycles. The number of nitrogens with one attached hydrogen (secondary N) is 1. The van der Waals surface area contributed by atoms with Gasteiger partial charge in [-0.1, -0.05) is 13.8 Å². The molecule has 0 saturated carbocycles. The molecule has 2 rings (SSSR count). The summed E-state index contributed by atoms with van der Waals surface area (Å²) < 4.78 is 0. The molecule has 4 nitrogen and oxygen atoms in total. The summed E-state index contributed by atoms with van der Waals surface area (Å²) in [5, 5.41) is 4.52. The fraction of sp³-hybridized carbons (Fsp3) is 0.800. The maximum absolute atomic E-state index is 4.79. The van der Waals surface area contributed by atoms with Gasteiger partial charge in [0.2, 0.25) is 0 Å². The minimum atomic E-state index is 0.391. The molecule has 5 heteroatoms. The second-order valence-electron chi connectivity index (χ2n) is 5.57. The van der Waals surface area contributed by atoms with E-state index in [1.165, 1.54) is 22.1 Å². The van der Waals surface area contributed by atoms with Crippen molar-refractivity contribution in [3.63, 3.8) is 0 Å². The van der Waals surface area contributed by atoms with Crippen molar-refractivity contribution in [2.24, 2.45) is 0 Å². The molecular weight excluding hydrogens is 268 g/mol. The summed E-state index contributed by atoms with van der Waals surface area (Å²) in [4.78, 5) is 11.2. The number of anilines is 1. The van der Waals surface area contributed by atoms with Crippen LogP contribution in [0.4, 0.5) is 5.13 Å². The van der Waals surface area contributed by atoms with Gasteiger partial charge in [-0.25, -0.2) is 4.98 Å². The zero-order valence-corrected chi connectivity index (χ0v) is 14.3. The van der Waals surface area contributed by atoms with Crippen LogP contribution in [0.1, 0.15) is 43.8 Å². The van der Waals surface area contributed by atoms with E-state index in [2.05, 4.69) is 42.8 Å². The number of thiazole rings is 1. The lowest BCUT2D eigenvalue weighted by atomic mass is 10.2. The maximum atomic E-state index is 4.79. The molecule has 0 radical (unpaired) electrons. The molecule has 1 N–H and O–H groups in total. The monoisotopic (exact) mass is 296 g/mol.